The zero-order valence-corrected chi connectivity index (χ0v) is 16.5. The minimum absolute atomic E-state index is 0.0788. The Bertz CT molecular complexity index is 513. The summed E-state index contributed by atoms with van der Waals surface area (Å²) in [5.41, 5.74) is -0.486. The van der Waals surface area contributed by atoms with Crippen molar-refractivity contribution < 1.29 is 19.1 Å². The Morgan fingerprint density at radius 2 is 1.50 bits per heavy atom. The van der Waals surface area contributed by atoms with Crippen LogP contribution in [0.4, 0.5) is 4.79 Å². The Labute approximate surface area is 156 Å². The molecule has 0 spiro atoms. The molecule has 2 fully saturated rings. The van der Waals surface area contributed by atoms with Crippen molar-refractivity contribution in [1.82, 2.24) is 15.1 Å². The largest absolute Gasteiger partial charge is 0.444 e. The smallest absolute Gasteiger partial charge is 0.407 e. The lowest BCUT2D eigenvalue weighted by Crippen LogP contribution is -2.51. The number of nitrogens with zero attached hydrogens (tertiary/aromatic N) is 2. The first-order valence-corrected chi connectivity index (χ1v) is 9.67. The Morgan fingerprint density at radius 3 is 2.00 bits per heavy atom. The van der Waals surface area contributed by atoms with Gasteiger partial charge in [0.1, 0.15) is 5.60 Å². The maximum Gasteiger partial charge on any atom is 0.407 e. The van der Waals surface area contributed by atoms with Crippen LogP contribution in [-0.4, -0.2) is 66.0 Å². The van der Waals surface area contributed by atoms with Crippen LogP contribution in [0.3, 0.4) is 0 Å². The molecule has 1 saturated carbocycles. The molecule has 7 nitrogen and oxygen atoms in total. The Kier molecular flexibility index (Phi) is 6.89. The molecular formula is C19H33N3O4. The number of rotatable bonds is 3. The molecule has 0 unspecified atom stereocenters. The first-order valence-electron chi connectivity index (χ1n) is 9.67. The van der Waals surface area contributed by atoms with Gasteiger partial charge in [-0.15, -0.1) is 0 Å². The molecule has 1 saturated heterocycles. The van der Waals surface area contributed by atoms with E-state index >= 15 is 0 Å². The van der Waals surface area contributed by atoms with Gasteiger partial charge in [0.25, 0.3) is 0 Å². The third-order valence-corrected chi connectivity index (χ3v) is 5.17. The number of hydrogen-bond donors (Lipinski definition) is 1. The molecule has 148 valence electrons. The number of carbonyl (C=O) groups excluding carboxylic acids is 3. The number of ether oxygens (including phenoxy) is 1. The highest BCUT2D eigenvalue weighted by atomic mass is 16.6. The second-order valence-corrected chi connectivity index (χ2v) is 8.43. The molecule has 0 aromatic carbocycles. The van der Waals surface area contributed by atoms with E-state index in [1.807, 2.05) is 25.7 Å². The normalized spacial score (nSPS) is 24.2. The van der Waals surface area contributed by atoms with Crippen LogP contribution < -0.4 is 5.32 Å². The predicted molar refractivity (Wildman–Crippen MR) is 98.5 cm³/mol. The van der Waals surface area contributed by atoms with Crippen LogP contribution in [0, 0.1) is 11.8 Å². The molecule has 0 radical (unpaired) electrons. The molecule has 2 aliphatic rings. The molecule has 26 heavy (non-hydrogen) atoms. The lowest BCUT2D eigenvalue weighted by Gasteiger charge is -2.37. The van der Waals surface area contributed by atoms with Gasteiger partial charge in [-0.3, -0.25) is 9.59 Å². The zero-order chi connectivity index (χ0) is 19.3. The standard InChI is InChI=1S/C19H33N3O4/c1-14(23)21-9-11-22(12-10-21)17(24)16-7-5-15(6-8-16)13-20-18(25)26-19(2,3)4/h15-16H,5-13H2,1-4H3,(H,20,25). The van der Waals surface area contributed by atoms with Crippen molar-refractivity contribution in [3.63, 3.8) is 0 Å². The van der Waals surface area contributed by atoms with Crippen LogP contribution in [0.25, 0.3) is 0 Å². The molecule has 7 heteroatoms. The number of nitrogens with one attached hydrogen (secondary N) is 1. The molecule has 0 aromatic rings. The van der Waals surface area contributed by atoms with Crippen molar-refractivity contribution in [1.29, 1.82) is 0 Å². The number of carbonyl (C=O) groups is 3. The fraction of sp³-hybridized carbons (Fsp3) is 0.842. The molecule has 1 aliphatic carbocycles. The number of alkyl carbamates (subject to hydrolysis) is 1. The highest BCUT2D eigenvalue weighted by Gasteiger charge is 2.31. The van der Waals surface area contributed by atoms with Crippen LogP contribution in [0.2, 0.25) is 0 Å². The third kappa shape index (κ3) is 6.18. The van der Waals surface area contributed by atoms with E-state index in [0.29, 0.717) is 38.6 Å². The van der Waals surface area contributed by atoms with Crippen LogP contribution in [-0.2, 0) is 14.3 Å². The zero-order valence-electron chi connectivity index (χ0n) is 16.5. The quantitative estimate of drug-likeness (QED) is 0.828. The third-order valence-electron chi connectivity index (χ3n) is 5.17. The SMILES string of the molecule is CC(=O)N1CCN(C(=O)C2CCC(CNC(=O)OC(C)(C)C)CC2)CC1. The van der Waals surface area contributed by atoms with Crippen molar-refractivity contribution in [2.45, 2.75) is 59.0 Å². The molecular weight excluding hydrogens is 334 g/mol. The summed E-state index contributed by atoms with van der Waals surface area (Å²) in [5, 5.41) is 2.84. The minimum Gasteiger partial charge on any atom is -0.444 e. The van der Waals surface area contributed by atoms with Gasteiger partial charge in [-0.25, -0.2) is 4.79 Å². The average Bonchev–Trinajstić information content (AvgIpc) is 2.58. The predicted octanol–water partition coefficient (Wildman–Crippen LogP) is 2.01. The van der Waals surface area contributed by atoms with E-state index in [9.17, 15) is 14.4 Å². The maximum atomic E-state index is 12.7. The Morgan fingerprint density at radius 1 is 0.962 bits per heavy atom. The van der Waals surface area contributed by atoms with Gasteiger partial charge in [-0.05, 0) is 52.4 Å². The van der Waals surface area contributed by atoms with E-state index in [1.54, 1.807) is 11.8 Å². The monoisotopic (exact) mass is 367 g/mol. The topological polar surface area (TPSA) is 79.0 Å². The van der Waals surface area contributed by atoms with Crippen molar-refractivity contribution in [2.75, 3.05) is 32.7 Å². The summed E-state index contributed by atoms with van der Waals surface area (Å²) in [7, 11) is 0. The van der Waals surface area contributed by atoms with Gasteiger partial charge < -0.3 is 19.9 Å². The van der Waals surface area contributed by atoms with Gasteiger partial charge in [0.15, 0.2) is 0 Å². The van der Waals surface area contributed by atoms with Crippen molar-refractivity contribution >= 4 is 17.9 Å². The minimum atomic E-state index is -0.486. The first kappa shape index (κ1) is 20.5. The fourth-order valence-corrected chi connectivity index (χ4v) is 3.66. The summed E-state index contributed by atoms with van der Waals surface area (Å²) >= 11 is 0. The maximum absolute atomic E-state index is 12.7. The van der Waals surface area contributed by atoms with E-state index in [0.717, 1.165) is 25.7 Å². The number of amides is 3. The van der Waals surface area contributed by atoms with Crippen molar-refractivity contribution in [2.24, 2.45) is 11.8 Å². The van der Waals surface area contributed by atoms with E-state index in [4.69, 9.17) is 4.74 Å². The van der Waals surface area contributed by atoms with Gasteiger partial charge >= 0.3 is 6.09 Å². The summed E-state index contributed by atoms with van der Waals surface area (Å²) in [5.74, 6) is 0.791. The summed E-state index contributed by atoms with van der Waals surface area (Å²) in [6, 6.07) is 0. The van der Waals surface area contributed by atoms with Gasteiger partial charge in [-0.2, -0.15) is 0 Å². The van der Waals surface area contributed by atoms with Gasteiger partial charge in [0.05, 0.1) is 0 Å². The molecule has 1 N–H and O–H groups in total. The Balaban J connectivity index is 1.69. The lowest BCUT2D eigenvalue weighted by molar-refractivity contribution is -0.142. The average molecular weight is 367 g/mol. The summed E-state index contributed by atoms with van der Waals surface area (Å²) in [6.07, 6.45) is 3.25. The van der Waals surface area contributed by atoms with E-state index in [-0.39, 0.29) is 23.8 Å². The highest BCUT2D eigenvalue weighted by Crippen LogP contribution is 2.30. The number of hydrogen-bond acceptors (Lipinski definition) is 4. The highest BCUT2D eigenvalue weighted by molar-refractivity contribution is 5.79. The van der Waals surface area contributed by atoms with Crippen LogP contribution in [0.5, 0.6) is 0 Å². The summed E-state index contributed by atoms with van der Waals surface area (Å²) < 4.78 is 5.25. The molecule has 1 aliphatic heterocycles. The second-order valence-electron chi connectivity index (χ2n) is 8.43. The molecule has 1 heterocycles. The van der Waals surface area contributed by atoms with Gasteiger partial charge in [-0.1, -0.05) is 0 Å². The number of piperazine rings is 1. The van der Waals surface area contributed by atoms with Gasteiger partial charge in [0.2, 0.25) is 11.8 Å². The molecule has 3 amide bonds. The fourth-order valence-electron chi connectivity index (χ4n) is 3.66. The van der Waals surface area contributed by atoms with E-state index < -0.39 is 5.60 Å². The second kappa shape index (κ2) is 8.73. The van der Waals surface area contributed by atoms with E-state index in [2.05, 4.69) is 5.32 Å². The van der Waals surface area contributed by atoms with Crippen LogP contribution >= 0.6 is 0 Å². The Hall–Kier alpha value is -1.79. The van der Waals surface area contributed by atoms with Gasteiger partial charge in [0, 0.05) is 45.6 Å². The molecule has 0 aromatic heterocycles. The van der Waals surface area contributed by atoms with E-state index in [1.165, 1.54) is 0 Å². The lowest BCUT2D eigenvalue weighted by atomic mass is 9.81. The molecule has 2 rings (SSSR count). The molecule has 0 atom stereocenters. The summed E-state index contributed by atoms with van der Waals surface area (Å²) in [4.78, 5) is 39.5. The van der Waals surface area contributed by atoms with Crippen molar-refractivity contribution in [3.05, 3.63) is 0 Å². The summed E-state index contributed by atoms with van der Waals surface area (Å²) in [6.45, 7) is 10.3. The first-order chi connectivity index (χ1) is 12.2. The van der Waals surface area contributed by atoms with Crippen molar-refractivity contribution in [3.8, 4) is 0 Å². The van der Waals surface area contributed by atoms with Crippen LogP contribution in [0.1, 0.15) is 53.4 Å². The van der Waals surface area contributed by atoms with Crippen LogP contribution in [0.15, 0.2) is 0 Å². The molecule has 0 bridgehead atoms.